The number of ether oxygens (including phenoxy) is 5. The molecule has 0 aromatic heterocycles. The van der Waals surface area contributed by atoms with Gasteiger partial charge in [-0.1, -0.05) is 40.7 Å². The fraction of sp³-hybridized carbons (Fsp3) is 0.643. The summed E-state index contributed by atoms with van der Waals surface area (Å²) in [5, 5.41) is 3.05. The molecule has 3 atom stereocenters. The van der Waals surface area contributed by atoms with Crippen LogP contribution in [0, 0.1) is 11.8 Å². The normalized spacial score (nSPS) is 13.4. The summed E-state index contributed by atoms with van der Waals surface area (Å²) in [7, 11) is 1.27. The Kier molecular flexibility index (Phi) is 14.4. The lowest BCUT2D eigenvalue weighted by Gasteiger charge is -2.21. The number of carbonyl (C=O) groups is 4. The minimum Gasteiger partial charge on any atom is -0.468 e. The zero-order chi connectivity index (χ0) is 28.8. The van der Waals surface area contributed by atoms with Crippen molar-refractivity contribution in [1.29, 1.82) is 0 Å². The van der Waals surface area contributed by atoms with Crippen molar-refractivity contribution in [2.45, 2.75) is 92.4 Å². The minimum absolute atomic E-state index is 0.0807. The van der Waals surface area contributed by atoms with Gasteiger partial charge in [0.05, 0.1) is 7.11 Å². The molecule has 0 saturated heterocycles. The van der Waals surface area contributed by atoms with Crippen molar-refractivity contribution < 1.29 is 42.9 Å². The minimum atomic E-state index is -0.787. The Morgan fingerprint density at radius 3 is 1.89 bits per heavy atom. The molecule has 1 aromatic rings. The zero-order valence-corrected chi connectivity index (χ0v) is 23.8. The van der Waals surface area contributed by atoms with E-state index < -0.39 is 36.2 Å². The Labute approximate surface area is 225 Å². The summed E-state index contributed by atoms with van der Waals surface area (Å²) >= 11 is 0. The third-order valence-electron chi connectivity index (χ3n) is 5.35. The van der Waals surface area contributed by atoms with E-state index in [-0.39, 0.29) is 55.2 Å². The molecule has 0 amide bonds. The number of rotatable bonds is 15. The summed E-state index contributed by atoms with van der Waals surface area (Å²) in [6.07, 6.45) is -0.384. The standard InChI is InChI=1S/C28H43NO9/c1-9-19(6)35-28(33)36-20(7)16-29-22(27(32)34-8)14-21-10-11-23(37-25(30)12-17(2)3)24(15-21)38-26(31)13-18(4)5/h10-11,15,17-20,22,29H,9,12-14,16H2,1-8H3/t19?,20?,22-/m0/s1. The highest BCUT2D eigenvalue weighted by molar-refractivity contribution is 5.77. The third kappa shape index (κ3) is 12.9. The lowest BCUT2D eigenvalue weighted by Crippen LogP contribution is -2.43. The Balaban J connectivity index is 3.02. The topological polar surface area (TPSA) is 126 Å². The lowest BCUT2D eigenvalue weighted by molar-refractivity contribution is -0.143. The average Bonchev–Trinajstić information content (AvgIpc) is 2.81. The van der Waals surface area contributed by atoms with E-state index in [1.54, 1.807) is 26.0 Å². The average molecular weight is 538 g/mol. The molecule has 0 fully saturated rings. The predicted molar refractivity (Wildman–Crippen MR) is 141 cm³/mol. The molecular weight excluding hydrogens is 494 g/mol. The van der Waals surface area contributed by atoms with Crippen LogP contribution in [0.4, 0.5) is 4.79 Å². The number of carbonyl (C=O) groups excluding carboxylic acids is 4. The van der Waals surface area contributed by atoms with E-state index in [1.165, 1.54) is 13.2 Å². The van der Waals surface area contributed by atoms with Crippen LogP contribution in [-0.4, -0.2) is 56.0 Å². The van der Waals surface area contributed by atoms with Gasteiger partial charge < -0.3 is 29.0 Å². The largest absolute Gasteiger partial charge is 0.508 e. The summed E-state index contributed by atoms with van der Waals surface area (Å²) in [5.74, 6) is -1.02. The van der Waals surface area contributed by atoms with Crippen LogP contribution in [0.25, 0.3) is 0 Å². The SMILES string of the molecule is CCC(C)OC(=O)OC(C)CN[C@@H](Cc1ccc(OC(=O)CC(C)C)c(OC(=O)CC(C)C)c1)C(=O)OC. The Bertz CT molecular complexity index is 929. The van der Waals surface area contributed by atoms with Crippen molar-refractivity contribution in [3.05, 3.63) is 23.8 Å². The molecule has 2 unspecified atom stereocenters. The Morgan fingerprint density at radius 2 is 1.37 bits per heavy atom. The molecule has 0 heterocycles. The van der Waals surface area contributed by atoms with Gasteiger partial charge in [0.1, 0.15) is 18.2 Å². The molecule has 0 aliphatic rings. The molecule has 0 aliphatic carbocycles. The van der Waals surface area contributed by atoms with Crippen LogP contribution in [0.1, 0.15) is 73.3 Å². The van der Waals surface area contributed by atoms with Gasteiger partial charge in [0.2, 0.25) is 0 Å². The molecule has 0 aliphatic heterocycles. The molecular formula is C28H43NO9. The van der Waals surface area contributed by atoms with Crippen LogP contribution in [0.15, 0.2) is 18.2 Å². The van der Waals surface area contributed by atoms with Crippen LogP contribution >= 0.6 is 0 Å². The fourth-order valence-electron chi connectivity index (χ4n) is 3.25. The van der Waals surface area contributed by atoms with E-state index in [2.05, 4.69) is 5.32 Å². The molecule has 1 rings (SSSR count). The number of esters is 3. The van der Waals surface area contributed by atoms with E-state index in [1.807, 2.05) is 34.6 Å². The first-order valence-electron chi connectivity index (χ1n) is 13.1. The van der Waals surface area contributed by atoms with E-state index in [4.69, 9.17) is 23.7 Å². The second-order valence-electron chi connectivity index (χ2n) is 10.1. The molecule has 0 radical (unpaired) electrons. The first kappa shape index (κ1) is 32.9. The van der Waals surface area contributed by atoms with Crippen molar-refractivity contribution in [1.82, 2.24) is 5.32 Å². The summed E-state index contributed by atoms with van der Waals surface area (Å²) in [6.45, 7) is 13.1. The van der Waals surface area contributed by atoms with Crippen molar-refractivity contribution in [3.8, 4) is 11.5 Å². The van der Waals surface area contributed by atoms with Gasteiger partial charge in [-0.3, -0.25) is 14.4 Å². The highest BCUT2D eigenvalue weighted by atomic mass is 16.7. The van der Waals surface area contributed by atoms with Crippen LogP contribution in [0.5, 0.6) is 11.5 Å². The van der Waals surface area contributed by atoms with Gasteiger partial charge in [0.15, 0.2) is 11.5 Å². The monoisotopic (exact) mass is 537 g/mol. The number of nitrogens with one attached hydrogen (secondary N) is 1. The van der Waals surface area contributed by atoms with E-state index >= 15 is 0 Å². The van der Waals surface area contributed by atoms with Crippen molar-refractivity contribution in [3.63, 3.8) is 0 Å². The van der Waals surface area contributed by atoms with Crippen LogP contribution < -0.4 is 14.8 Å². The second kappa shape index (κ2) is 16.7. The number of hydrogen-bond donors (Lipinski definition) is 1. The molecule has 38 heavy (non-hydrogen) atoms. The zero-order valence-electron chi connectivity index (χ0n) is 23.8. The molecule has 0 bridgehead atoms. The van der Waals surface area contributed by atoms with Gasteiger partial charge in [0.25, 0.3) is 0 Å². The Morgan fingerprint density at radius 1 is 0.816 bits per heavy atom. The summed E-state index contributed by atoms with van der Waals surface area (Å²) < 4.78 is 26.3. The quantitative estimate of drug-likeness (QED) is 0.250. The third-order valence-corrected chi connectivity index (χ3v) is 5.35. The summed E-state index contributed by atoms with van der Waals surface area (Å²) in [6, 6.07) is 4.00. The highest BCUT2D eigenvalue weighted by Crippen LogP contribution is 2.30. The highest BCUT2D eigenvalue weighted by Gasteiger charge is 2.23. The fourth-order valence-corrected chi connectivity index (χ4v) is 3.25. The van der Waals surface area contributed by atoms with Crippen LogP contribution in [0.3, 0.4) is 0 Å². The van der Waals surface area contributed by atoms with Crippen LogP contribution in [-0.2, 0) is 35.0 Å². The van der Waals surface area contributed by atoms with Gasteiger partial charge in [-0.15, -0.1) is 0 Å². The van der Waals surface area contributed by atoms with E-state index in [9.17, 15) is 19.2 Å². The summed E-state index contributed by atoms with van der Waals surface area (Å²) in [4.78, 5) is 49.0. The molecule has 214 valence electrons. The van der Waals surface area contributed by atoms with Gasteiger partial charge in [-0.2, -0.15) is 0 Å². The smallest absolute Gasteiger partial charge is 0.468 e. The molecule has 1 aromatic carbocycles. The lowest BCUT2D eigenvalue weighted by atomic mass is 10.0. The van der Waals surface area contributed by atoms with Gasteiger partial charge in [-0.25, -0.2) is 4.79 Å². The second-order valence-corrected chi connectivity index (χ2v) is 10.1. The van der Waals surface area contributed by atoms with Crippen molar-refractivity contribution >= 4 is 24.1 Å². The Hall–Kier alpha value is -3.14. The number of methoxy groups -OCH3 is 1. The van der Waals surface area contributed by atoms with Gasteiger partial charge in [-0.05, 0) is 56.2 Å². The van der Waals surface area contributed by atoms with Crippen molar-refractivity contribution in [2.75, 3.05) is 13.7 Å². The van der Waals surface area contributed by atoms with Crippen LogP contribution in [0.2, 0.25) is 0 Å². The number of benzene rings is 1. The maximum absolute atomic E-state index is 12.5. The predicted octanol–water partition coefficient (Wildman–Crippen LogP) is 4.60. The van der Waals surface area contributed by atoms with Gasteiger partial charge >= 0.3 is 24.1 Å². The van der Waals surface area contributed by atoms with E-state index in [0.29, 0.717) is 12.0 Å². The van der Waals surface area contributed by atoms with E-state index in [0.717, 1.165) is 0 Å². The maximum Gasteiger partial charge on any atom is 0.508 e. The summed E-state index contributed by atoms with van der Waals surface area (Å²) in [5.41, 5.74) is 0.633. The molecule has 10 nitrogen and oxygen atoms in total. The molecule has 10 heteroatoms. The first-order chi connectivity index (χ1) is 17.8. The molecule has 0 saturated carbocycles. The first-order valence-corrected chi connectivity index (χ1v) is 13.1. The molecule has 1 N–H and O–H groups in total. The van der Waals surface area contributed by atoms with Gasteiger partial charge in [0, 0.05) is 19.4 Å². The number of hydrogen-bond acceptors (Lipinski definition) is 10. The molecule has 0 spiro atoms. The van der Waals surface area contributed by atoms with Crippen molar-refractivity contribution in [2.24, 2.45) is 11.8 Å². The maximum atomic E-state index is 12.5.